The normalized spacial score (nSPS) is 19.6. The SMILES string of the molecule is CN1C(=O)C(CCCCN)NC(=O)[C@H](CCCN)NCc2cccnc2Sc2cccc(Cl)c2CNC(=O)[C@@H]1Cc1c[nH]c2ccccc12. The fourth-order valence-electron chi connectivity index (χ4n) is 6.07. The smallest absolute Gasteiger partial charge is 0.245 e. The Kier molecular flexibility index (Phi) is 13.1. The lowest BCUT2D eigenvalue weighted by Crippen LogP contribution is -2.57. The van der Waals surface area contributed by atoms with Crippen molar-refractivity contribution in [1.82, 2.24) is 30.8 Å². The van der Waals surface area contributed by atoms with Gasteiger partial charge in [-0.3, -0.25) is 14.4 Å². The molecule has 0 radical (unpaired) electrons. The highest BCUT2D eigenvalue weighted by molar-refractivity contribution is 7.99. The molecule has 2 aromatic heterocycles. The summed E-state index contributed by atoms with van der Waals surface area (Å²) in [4.78, 5) is 52.7. The zero-order chi connectivity index (χ0) is 34.8. The molecular formula is C36H45ClN8O3S. The van der Waals surface area contributed by atoms with Crippen LogP contribution >= 0.6 is 23.4 Å². The van der Waals surface area contributed by atoms with E-state index in [1.165, 1.54) is 16.7 Å². The van der Waals surface area contributed by atoms with Gasteiger partial charge in [-0.15, -0.1) is 0 Å². The molecule has 1 unspecified atom stereocenters. The molecule has 0 saturated carbocycles. The predicted octanol–water partition coefficient (Wildman–Crippen LogP) is 3.88. The number of para-hydroxylation sites is 1. The van der Waals surface area contributed by atoms with Gasteiger partial charge >= 0.3 is 0 Å². The Morgan fingerprint density at radius 1 is 0.918 bits per heavy atom. The largest absolute Gasteiger partial charge is 0.361 e. The van der Waals surface area contributed by atoms with E-state index in [2.05, 4.69) is 25.9 Å². The zero-order valence-electron chi connectivity index (χ0n) is 27.7. The Balaban J connectivity index is 1.55. The van der Waals surface area contributed by atoms with Crippen molar-refractivity contribution in [2.45, 2.75) is 79.7 Å². The van der Waals surface area contributed by atoms with Crippen LogP contribution in [0.25, 0.3) is 10.9 Å². The monoisotopic (exact) mass is 704 g/mol. The minimum Gasteiger partial charge on any atom is -0.361 e. The van der Waals surface area contributed by atoms with Crippen molar-refractivity contribution in [3.8, 4) is 0 Å². The minimum atomic E-state index is -0.886. The zero-order valence-corrected chi connectivity index (χ0v) is 29.3. The number of amides is 3. The maximum Gasteiger partial charge on any atom is 0.245 e. The second-order valence-electron chi connectivity index (χ2n) is 12.2. The van der Waals surface area contributed by atoms with Crippen LogP contribution in [0.15, 0.2) is 76.9 Å². The van der Waals surface area contributed by atoms with E-state index in [1.54, 1.807) is 19.3 Å². The first-order valence-electron chi connectivity index (χ1n) is 16.7. The van der Waals surface area contributed by atoms with Gasteiger partial charge in [-0.25, -0.2) is 4.98 Å². The summed E-state index contributed by atoms with van der Waals surface area (Å²) in [6, 6.07) is 14.9. The van der Waals surface area contributed by atoms with Crippen molar-refractivity contribution < 1.29 is 14.4 Å². The van der Waals surface area contributed by atoms with Gasteiger partial charge in [-0.05, 0) is 80.6 Å². The first-order chi connectivity index (χ1) is 23.8. The molecule has 1 aliphatic rings. The number of fused-ring (bicyclic) bond motifs is 3. The third kappa shape index (κ3) is 9.20. The quantitative estimate of drug-likeness (QED) is 0.143. The number of pyridine rings is 1. The summed E-state index contributed by atoms with van der Waals surface area (Å²) in [5, 5.41) is 11.7. The van der Waals surface area contributed by atoms with Gasteiger partial charge in [-0.1, -0.05) is 53.7 Å². The number of H-pyrrole nitrogens is 1. The molecule has 4 aromatic rings. The number of likely N-dealkylation sites (N-methyl/N-ethyl adjacent to an activating group) is 1. The Hall–Kier alpha value is -3.94. The number of halogens is 1. The molecule has 2 aromatic carbocycles. The number of carbonyl (C=O) groups is 3. The lowest BCUT2D eigenvalue weighted by molar-refractivity contribution is -0.142. The van der Waals surface area contributed by atoms with Gasteiger partial charge < -0.3 is 37.3 Å². The number of aromatic nitrogens is 2. The maximum atomic E-state index is 14.3. The highest BCUT2D eigenvalue weighted by atomic mass is 35.5. The van der Waals surface area contributed by atoms with Crippen molar-refractivity contribution in [1.29, 1.82) is 0 Å². The van der Waals surface area contributed by atoms with Crippen molar-refractivity contribution in [3.63, 3.8) is 0 Å². The molecule has 13 heteroatoms. The Morgan fingerprint density at radius 2 is 1.71 bits per heavy atom. The fraction of sp³-hybridized carbons (Fsp3) is 0.389. The van der Waals surface area contributed by atoms with Crippen LogP contribution in [-0.4, -0.2) is 70.9 Å². The van der Waals surface area contributed by atoms with Crippen LogP contribution in [-0.2, 0) is 33.9 Å². The van der Waals surface area contributed by atoms with Gasteiger partial charge in [-0.2, -0.15) is 0 Å². The highest BCUT2D eigenvalue weighted by Crippen LogP contribution is 2.35. The number of carbonyl (C=O) groups excluding carboxylic acids is 3. The molecule has 260 valence electrons. The van der Waals surface area contributed by atoms with Crippen molar-refractivity contribution >= 4 is 52.0 Å². The molecule has 5 rings (SSSR count). The molecule has 0 fully saturated rings. The highest BCUT2D eigenvalue weighted by Gasteiger charge is 2.34. The van der Waals surface area contributed by atoms with E-state index in [-0.39, 0.29) is 30.7 Å². The maximum absolute atomic E-state index is 14.3. The molecule has 0 saturated heterocycles. The standard InChI is InChI=1S/C36H45ClN8O3S/c1-45-31(19-24-21-41-28-12-3-2-10-25(24)28)34(47)43-22-26-27(37)11-6-15-32(26)49-35-23(9-8-18-40-35)20-42-29(14-7-17-39)33(46)44-30(36(45)48)13-4-5-16-38/h2-3,6,8-12,15,18,21,29-31,41-42H,4-5,7,13-14,16-17,19-20,22,38-39H2,1H3,(H,43,47)(H,44,46)/t29-,30?,31-/m0/s1. The average molecular weight is 705 g/mol. The van der Waals surface area contributed by atoms with Gasteiger partial charge in [0.1, 0.15) is 17.1 Å². The van der Waals surface area contributed by atoms with E-state index >= 15 is 0 Å². The molecule has 3 atom stereocenters. The van der Waals surface area contributed by atoms with Gasteiger partial charge in [0.15, 0.2) is 0 Å². The third-order valence-corrected chi connectivity index (χ3v) is 10.4. The number of nitrogens with two attached hydrogens (primary N) is 2. The lowest BCUT2D eigenvalue weighted by atomic mass is 10.0. The first-order valence-corrected chi connectivity index (χ1v) is 17.9. The molecule has 0 spiro atoms. The average Bonchev–Trinajstić information content (AvgIpc) is 3.52. The van der Waals surface area contributed by atoms with Gasteiger partial charge in [0, 0.05) is 65.3 Å². The van der Waals surface area contributed by atoms with E-state index in [0.717, 1.165) is 37.5 Å². The van der Waals surface area contributed by atoms with E-state index in [9.17, 15) is 14.4 Å². The summed E-state index contributed by atoms with van der Waals surface area (Å²) in [7, 11) is 1.63. The molecular weight excluding hydrogens is 660 g/mol. The molecule has 0 bridgehead atoms. The van der Waals surface area contributed by atoms with E-state index in [4.69, 9.17) is 23.1 Å². The summed E-state index contributed by atoms with van der Waals surface area (Å²) < 4.78 is 0. The van der Waals surface area contributed by atoms with Gasteiger partial charge in [0.25, 0.3) is 0 Å². The van der Waals surface area contributed by atoms with Crippen LogP contribution in [0.4, 0.5) is 0 Å². The van der Waals surface area contributed by atoms with Gasteiger partial charge in [0.05, 0.1) is 6.04 Å². The second-order valence-corrected chi connectivity index (χ2v) is 13.7. The topological polar surface area (TPSA) is 171 Å². The van der Waals surface area contributed by atoms with Crippen molar-refractivity contribution in [3.05, 3.63) is 88.7 Å². The van der Waals surface area contributed by atoms with Crippen LogP contribution < -0.4 is 27.4 Å². The summed E-state index contributed by atoms with van der Waals surface area (Å²) >= 11 is 8.19. The van der Waals surface area contributed by atoms with Crippen LogP contribution in [0, 0.1) is 0 Å². The molecule has 8 N–H and O–H groups in total. The summed E-state index contributed by atoms with van der Waals surface area (Å²) in [5.41, 5.74) is 15.1. The summed E-state index contributed by atoms with van der Waals surface area (Å²) in [6.07, 6.45) is 6.65. The van der Waals surface area contributed by atoms with E-state index in [1.807, 2.05) is 54.7 Å². The third-order valence-electron chi connectivity index (χ3n) is 8.89. The number of hydrogen-bond acceptors (Lipinski definition) is 8. The number of nitrogens with one attached hydrogen (secondary N) is 4. The molecule has 3 amide bonds. The lowest BCUT2D eigenvalue weighted by Gasteiger charge is -2.32. The van der Waals surface area contributed by atoms with Crippen LogP contribution in [0.1, 0.15) is 48.8 Å². The molecule has 11 nitrogen and oxygen atoms in total. The number of aromatic amines is 1. The summed E-state index contributed by atoms with van der Waals surface area (Å²) in [6.45, 7) is 1.39. The minimum absolute atomic E-state index is 0.144. The predicted molar refractivity (Wildman–Crippen MR) is 194 cm³/mol. The molecule has 49 heavy (non-hydrogen) atoms. The second kappa shape index (κ2) is 17.6. The number of unbranched alkanes of at least 4 members (excludes halogenated alkanes) is 1. The summed E-state index contributed by atoms with van der Waals surface area (Å²) in [5.74, 6) is -0.990. The molecule has 3 heterocycles. The van der Waals surface area contributed by atoms with Crippen molar-refractivity contribution in [2.75, 3.05) is 20.1 Å². The van der Waals surface area contributed by atoms with E-state index < -0.39 is 18.1 Å². The van der Waals surface area contributed by atoms with Crippen LogP contribution in [0.2, 0.25) is 5.02 Å². The Bertz CT molecular complexity index is 1750. The Labute approximate surface area is 296 Å². The number of benzene rings is 2. The molecule has 0 aliphatic carbocycles. The number of rotatable bonds is 9. The fourth-order valence-corrected chi connectivity index (χ4v) is 7.41. The van der Waals surface area contributed by atoms with Crippen LogP contribution in [0.3, 0.4) is 0 Å². The Morgan fingerprint density at radius 3 is 2.53 bits per heavy atom. The van der Waals surface area contributed by atoms with E-state index in [0.29, 0.717) is 56.8 Å². The first kappa shape index (κ1) is 36.3. The van der Waals surface area contributed by atoms with Crippen molar-refractivity contribution in [2.24, 2.45) is 11.5 Å². The van der Waals surface area contributed by atoms with Crippen LogP contribution in [0.5, 0.6) is 0 Å². The molecule has 1 aliphatic heterocycles. The number of nitrogens with zero attached hydrogens (tertiary/aromatic N) is 2. The van der Waals surface area contributed by atoms with Gasteiger partial charge in [0.2, 0.25) is 17.7 Å². The number of hydrogen-bond donors (Lipinski definition) is 6.